The van der Waals surface area contributed by atoms with E-state index in [0.717, 1.165) is 27.7 Å². The molecular formula is C19H20IN7S. The van der Waals surface area contributed by atoms with Gasteiger partial charge in [0.05, 0.1) is 18.8 Å². The maximum atomic E-state index is 4.68. The Morgan fingerprint density at radius 2 is 1.82 bits per heavy atom. The van der Waals surface area contributed by atoms with Crippen LogP contribution in [0.4, 0.5) is 0 Å². The van der Waals surface area contributed by atoms with E-state index in [1.807, 2.05) is 47.0 Å². The fourth-order valence-electron chi connectivity index (χ4n) is 2.69. The maximum Gasteiger partial charge on any atom is 0.191 e. The molecule has 0 saturated carbocycles. The molecule has 28 heavy (non-hydrogen) atoms. The molecule has 0 fully saturated rings. The molecule has 7 nitrogen and oxygen atoms in total. The molecule has 3 aromatic heterocycles. The van der Waals surface area contributed by atoms with E-state index < -0.39 is 0 Å². The summed E-state index contributed by atoms with van der Waals surface area (Å²) in [6.07, 6.45) is 1.95. The molecule has 0 aliphatic heterocycles. The molecule has 0 spiro atoms. The molecule has 144 valence electrons. The molecule has 3 heterocycles. The zero-order valence-corrected chi connectivity index (χ0v) is 18.4. The molecule has 2 N–H and O–H groups in total. The van der Waals surface area contributed by atoms with E-state index in [4.69, 9.17) is 0 Å². The van der Waals surface area contributed by atoms with Crippen molar-refractivity contribution in [3.05, 3.63) is 70.9 Å². The number of aliphatic imine (C=N–C) groups is 1. The van der Waals surface area contributed by atoms with Crippen molar-refractivity contribution in [2.24, 2.45) is 4.99 Å². The van der Waals surface area contributed by atoms with E-state index in [0.29, 0.717) is 19.0 Å². The lowest BCUT2D eigenvalue weighted by Gasteiger charge is -2.10. The fraction of sp³-hybridized carbons (Fsp3) is 0.158. The fourth-order valence-corrected chi connectivity index (χ4v) is 3.43. The van der Waals surface area contributed by atoms with Crippen LogP contribution in [0.3, 0.4) is 0 Å². The molecule has 1 aromatic carbocycles. The van der Waals surface area contributed by atoms with Crippen molar-refractivity contribution in [1.82, 2.24) is 30.2 Å². The molecular weight excluding hydrogens is 485 g/mol. The van der Waals surface area contributed by atoms with Crippen molar-refractivity contribution >= 4 is 46.9 Å². The lowest BCUT2D eigenvalue weighted by Crippen LogP contribution is -2.36. The predicted molar refractivity (Wildman–Crippen MR) is 123 cm³/mol. The molecule has 0 radical (unpaired) electrons. The third kappa shape index (κ3) is 4.65. The van der Waals surface area contributed by atoms with Crippen molar-refractivity contribution < 1.29 is 0 Å². The number of pyridine rings is 1. The Hall–Kier alpha value is -2.53. The van der Waals surface area contributed by atoms with E-state index in [9.17, 15) is 0 Å². The molecule has 4 aromatic rings. The third-order valence-electron chi connectivity index (χ3n) is 4.05. The summed E-state index contributed by atoms with van der Waals surface area (Å²) in [5.41, 5.74) is 2.95. The van der Waals surface area contributed by atoms with Gasteiger partial charge < -0.3 is 10.6 Å². The van der Waals surface area contributed by atoms with E-state index >= 15 is 0 Å². The number of hydrogen-bond donors (Lipinski definition) is 2. The molecule has 4 rings (SSSR count). The number of benzene rings is 1. The van der Waals surface area contributed by atoms with E-state index in [-0.39, 0.29) is 24.0 Å². The summed E-state index contributed by atoms with van der Waals surface area (Å²) in [7, 11) is 1.74. The second-order valence-electron chi connectivity index (χ2n) is 5.82. The van der Waals surface area contributed by atoms with Gasteiger partial charge in [-0.15, -0.1) is 45.5 Å². The molecule has 0 bridgehead atoms. The van der Waals surface area contributed by atoms with Gasteiger partial charge in [0.1, 0.15) is 5.01 Å². The zero-order valence-electron chi connectivity index (χ0n) is 15.2. The smallest absolute Gasteiger partial charge is 0.191 e. The highest BCUT2D eigenvalue weighted by Crippen LogP contribution is 2.21. The van der Waals surface area contributed by atoms with Gasteiger partial charge >= 0.3 is 0 Å². The van der Waals surface area contributed by atoms with Crippen LogP contribution in [0.25, 0.3) is 16.9 Å². The number of guanidine groups is 1. The summed E-state index contributed by atoms with van der Waals surface area (Å²) in [5.74, 6) is 1.52. The summed E-state index contributed by atoms with van der Waals surface area (Å²) >= 11 is 1.63. The van der Waals surface area contributed by atoms with Crippen molar-refractivity contribution in [2.75, 3.05) is 7.05 Å². The summed E-state index contributed by atoms with van der Waals surface area (Å²) < 4.78 is 1.95. The van der Waals surface area contributed by atoms with Gasteiger partial charge in [0.2, 0.25) is 0 Å². The van der Waals surface area contributed by atoms with Gasteiger partial charge in [-0.1, -0.05) is 36.4 Å². The van der Waals surface area contributed by atoms with Crippen molar-refractivity contribution in [3.63, 3.8) is 0 Å². The molecule has 0 aliphatic carbocycles. The van der Waals surface area contributed by atoms with Crippen LogP contribution in [0.5, 0.6) is 0 Å². The predicted octanol–water partition coefficient (Wildman–Crippen LogP) is 3.34. The minimum Gasteiger partial charge on any atom is -0.350 e. The average molecular weight is 505 g/mol. The first-order valence-electron chi connectivity index (χ1n) is 8.56. The Bertz CT molecular complexity index is 1060. The Balaban J connectivity index is 0.00000225. The second kappa shape index (κ2) is 9.60. The minimum absolute atomic E-state index is 0. The lowest BCUT2D eigenvalue weighted by molar-refractivity contribution is 0.761. The van der Waals surface area contributed by atoms with Crippen LogP contribution in [0, 0.1) is 0 Å². The lowest BCUT2D eigenvalue weighted by atomic mass is 10.2. The first-order valence-corrected chi connectivity index (χ1v) is 9.44. The Morgan fingerprint density at radius 3 is 2.64 bits per heavy atom. The Labute approximate surface area is 184 Å². The first-order chi connectivity index (χ1) is 13.3. The summed E-state index contributed by atoms with van der Waals surface area (Å²) in [6, 6.07) is 16.0. The minimum atomic E-state index is 0. The number of nitrogens with one attached hydrogen (secondary N) is 2. The van der Waals surface area contributed by atoms with Crippen LogP contribution in [0.15, 0.2) is 65.1 Å². The van der Waals surface area contributed by atoms with Crippen LogP contribution in [0.2, 0.25) is 0 Å². The van der Waals surface area contributed by atoms with Gasteiger partial charge in [0, 0.05) is 24.2 Å². The highest BCUT2D eigenvalue weighted by molar-refractivity contribution is 14.0. The number of rotatable bonds is 5. The molecule has 0 atom stereocenters. The summed E-state index contributed by atoms with van der Waals surface area (Å²) in [4.78, 5) is 8.95. The van der Waals surface area contributed by atoms with Gasteiger partial charge in [-0.25, -0.2) is 4.98 Å². The number of hydrogen-bond acceptors (Lipinski definition) is 5. The Morgan fingerprint density at radius 1 is 1.04 bits per heavy atom. The maximum absolute atomic E-state index is 4.68. The van der Waals surface area contributed by atoms with Crippen LogP contribution < -0.4 is 10.6 Å². The van der Waals surface area contributed by atoms with Crippen molar-refractivity contribution in [1.29, 1.82) is 0 Å². The largest absolute Gasteiger partial charge is 0.350 e. The van der Waals surface area contributed by atoms with Gasteiger partial charge in [0.25, 0.3) is 0 Å². The first kappa shape index (κ1) is 20.2. The summed E-state index contributed by atoms with van der Waals surface area (Å²) in [6.45, 7) is 1.13. The standard InChI is InChI=1S/C19H19N7S.HI/c1-20-19(21-11-17-25-24-16-9-5-6-10-26(16)17)22-12-18-23-15(13-27-18)14-7-3-2-4-8-14;/h2-10,13H,11-12H2,1H3,(H2,20,21,22);1H. The van der Waals surface area contributed by atoms with Gasteiger partial charge in [0.15, 0.2) is 17.4 Å². The molecule has 0 aliphatic rings. The monoisotopic (exact) mass is 505 g/mol. The third-order valence-corrected chi connectivity index (χ3v) is 4.90. The van der Waals surface area contributed by atoms with Gasteiger partial charge in [-0.3, -0.25) is 9.39 Å². The Kier molecular flexibility index (Phi) is 6.93. The topological polar surface area (TPSA) is 79.5 Å². The highest BCUT2D eigenvalue weighted by Gasteiger charge is 2.07. The number of fused-ring (bicyclic) bond motifs is 1. The van der Waals surface area contributed by atoms with Gasteiger partial charge in [-0.2, -0.15) is 0 Å². The second-order valence-corrected chi connectivity index (χ2v) is 6.76. The van der Waals surface area contributed by atoms with Crippen LogP contribution in [-0.4, -0.2) is 32.6 Å². The number of halogens is 1. The van der Waals surface area contributed by atoms with Gasteiger partial charge in [-0.05, 0) is 12.1 Å². The summed E-state index contributed by atoms with van der Waals surface area (Å²) in [5, 5.41) is 18.0. The molecule has 9 heteroatoms. The molecule has 0 amide bonds. The molecule has 0 unspecified atom stereocenters. The van der Waals surface area contributed by atoms with Crippen molar-refractivity contribution in [2.45, 2.75) is 13.1 Å². The van der Waals surface area contributed by atoms with E-state index in [1.165, 1.54) is 0 Å². The quantitative estimate of drug-likeness (QED) is 0.247. The van der Waals surface area contributed by atoms with E-state index in [1.54, 1.807) is 18.4 Å². The zero-order chi connectivity index (χ0) is 18.5. The van der Waals surface area contributed by atoms with Crippen LogP contribution >= 0.6 is 35.3 Å². The number of nitrogens with zero attached hydrogens (tertiary/aromatic N) is 5. The average Bonchev–Trinajstić information content (AvgIpc) is 3.36. The number of thiazole rings is 1. The normalized spacial score (nSPS) is 11.2. The SMILES string of the molecule is CN=C(NCc1nc(-c2ccccc2)cs1)NCc1nnc2ccccn12.I. The number of aromatic nitrogens is 4. The van der Waals surface area contributed by atoms with Crippen LogP contribution in [0.1, 0.15) is 10.8 Å². The van der Waals surface area contributed by atoms with Crippen LogP contribution in [-0.2, 0) is 13.1 Å². The van der Waals surface area contributed by atoms with Crippen molar-refractivity contribution in [3.8, 4) is 11.3 Å². The molecule has 0 saturated heterocycles. The van der Waals surface area contributed by atoms with E-state index in [2.05, 4.69) is 48.3 Å². The highest BCUT2D eigenvalue weighted by atomic mass is 127.